The Kier molecular flexibility index (Phi) is 12.3. The minimum atomic E-state index is -1.72. The maximum Gasteiger partial charge on any atom is 0.306 e. The molecule has 4 heteroatoms. The zero-order chi connectivity index (χ0) is 20.8. The molecular formula is C23H34O3Si. The van der Waals surface area contributed by atoms with Gasteiger partial charge in [-0.05, 0) is 25.1 Å². The molecule has 0 N–H and O–H groups in total. The van der Waals surface area contributed by atoms with E-state index in [1.807, 2.05) is 0 Å². The summed E-state index contributed by atoms with van der Waals surface area (Å²) in [6, 6.07) is 0. The largest absolute Gasteiger partial charge is 0.469 e. The molecule has 0 saturated carbocycles. The molecule has 0 heterocycles. The molecule has 0 amide bonds. The second kappa shape index (κ2) is 13.3. The Balaban J connectivity index is 4.04. The molecule has 0 unspecified atom stereocenters. The van der Waals surface area contributed by atoms with Gasteiger partial charge in [-0.25, -0.2) is 0 Å². The summed E-state index contributed by atoms with van der Waals surface area (Å²) >= 11 is 0. The second-order valence-corrected chi connectivity index (χ2v) is 12.5. The van der Waals surface area contributed by atoms with Gasteiger partial charge < -0.3 is 9.16 Å². The third kappa shape index (κ3) is 13.0. The van der Waals surface area contributed by atoms with Gasteiger partial charge in [-0.15, -0.1) is 5.92 Å². The van der Waals surface area contributed by atoms with Crippen molar-refractivity contribution in [1.29, 1.82) is 0 Å². The first kappa shape index (κ1) is 25.1. The minimum Gasteiger partial charge on any atom is -0.469 e. The lowest BCUT2D eigenvalue weighted by Gasteiger charge is -2.37. The Morgan fingerprint density at radius 1 is 1.04 bits per heavy atom. The van der Waals surface area contributed by atoms with E-state index in [-0.39, 0.29) is 17.1 Å². The number of carbonyl (C=O) groups is 1. The highest BCUT2D eigenvalue weighted by molar-refractivity contribution is 6.74. The summed E-state index contributed by atoms with van der Waals surface area (Å²) in [5.74, 6) is 17.7. The molecule has 0 spiro atoms. The van der Waals surface area contributed by atoms with Crippen molar-refractivity contribution in [2.75, 3.05) is 7.11 Å². The molecule has 0 aromatic rings. The van der Waals surface area contributed by atoms with Gasteiger partial charge in [0.25, 0.3) is 0 Å². The fourth-order valence-corrected chi connectivity index (χ4v) is 3.13. The number of allylic oxidation sites excluding steroid dienone is 1. The molecule has 3 nitrogen and oxygen atoms in total. The number of hydrogen-bond donors (Lipinski definition) is 0. The van der Waals surface area contributed by atoms with E-state index in [1.165, 1.54) is 7.11 Å². The number of hydrogen-bond acceptors (Lipinski definition) is 3. The molecule has 0 radical (unpaired) electrons. The summed E-state index contributed by atoms with van der Waals surface area (Å²) in [6.45, 7) is 13.4. The van der Waals surface area contributed by atoms with Crippen LogP contribution in [0.5, 0.6) is 0 Å². The molecule has 0 rings (SSSR count). The fraction of sp³-hybridized carbons (Fsp3) is 0.609. The molecule has 0 saturated heterocycles. The van der Waals surface area contributed by atoms with Crippen LogP contribution in [0.3, 0.4) is 0 Å². The maximum absolute atomic E-state index is 10.9. The number of carbonyl (C=O) groups excluding carboxylic acids is 1. The van der Waals surface area contributed by atoms with E-state index in [1.54, 1.807) is 0 Å². The van der Waals surface area contributed by atoms with Gasteiger partial charge in [0, 0.05) is 12.8 Å². The van der Waals surface area contributed by atoms with Gasteiger partial charge in [0.1, 0.15) is 0 Å². The average Bonchev–Trinajstić information content (AvgIpc) is 2.57. The normalized spacial score (nSPS) is 12.1. The smallest absolute Gasteiger partial charge is 0.306 e. The predicted octanol–water partition coefficient (Wildman–Crippen LogP) is 5.09. The molecule has 27 heavy (non-hydrogen) atoms. The monoisotopic (exact) mass is 386 g/mol. The summed E-state index contributed by atoms with van der Waals surface area (Å²) in [5, 5.41) is 0.222. The first-order chi connectivity index (χ1) is 12.6. The number of esters is 1. The Hall–Kier alpha value is -1.93. The molecule has 0 aromatic heterocycles. The van der Waals surface area contributed by atoms with Crippen LogP contribution in [0.4, 0.5) is 0 Å². The SMILES string of the molecule is COC(=O)CCC#CCC#CCC#CC/C=C\[C@H](C)O[Si](C)(C)C(C)(C)C. The molecule has 0 aliphatic carbocycles. The molecule has 1 atom stereocenters. The van der Waals surface area contributed by atoms with Gasteiger partial charge in [-0.1, -0.05) is 62.5 Å². The first-order valence-electron chi connectivity index (χ1n) is 9.38. The van der Waals surface area contributed by atoms with Crippen LogP contribution in [0.15, 0.2) is 12.2 Å². The second-order valence-electron chi connectivity index (χ2n) is 7.71. The lowest BCUT2D eigenvalue weighted by Crippen LogP contribution is -2.42. The van der Waals surface area contributed by atoms with E-state index >= 15 is 0 Å². The van der Waals surface area contributed by atoms with Crippen LogP contribution in [0, 0.1) is 35.5 Å². The lowest BCUT2D eigenvalue weighted by molar-refractivity contribution is -0.140. The lowest BCUT2D eigenvalue weighted by atomic mass is 10.2. The van der Waals surface area contributed by atoms with Crippen LogP contribution in [-0.2, 0) is 14.0 Å². The van der Waals surface area contributed by atoms with Crippen molar-refractivity contribution in [3.8, 4) is 35.5 Å². The molecule has 148 valence electrons. The van der Waals surface area contributed by atoms with Crippen LogP contribution in [0.1, 0.15) is 59.8 Å². The zero-order valence-corrected chi connectivity index (χ0v) is 19.0. The van der Waals surface area contributed by atoms with E-state index in [0.717, 1.165) is 0 Å². The van der Waals surface area contributed by atoms with Crippen LogP contribution in [0.25, 0.3) is 0 Å². The van der Waals surface area contributed by atoms with Gasteiger partial charge >= 0.3 is 5.97 Å². The highest BCUT2D eigenvalue weighted by Gasteiger charge is 2.37. The summed E-state index contributed by atoms with van der Waals surface area (Å²) in [5.41, 5.74) is 0. The molecule has 0 bridgehead atoms. The topological polar surface area (TPSA) is 35.5 Å². The first-order valence-corrected chi connectivity index (χ1v) is 12.3. The van der Waals surface area contributed by atoms with E-state index in [4.69, 9.17) is 4.43 Å². The van der Waals surface area contributed by atoms with Crippen LogP contribution < -0.4 is 0 Å². The van der Waals surface area contributed by atoms with E-state index in [0.29, 0.717) is 32.1 Å². The Morgan fingerprint density at radius 2 is 1.59 bits per heavy atom. The number of ether oxygens (including phenoxy) is 1. The average molecular weight is 387 g/mol. The molecule has 0 aliphatic heterocycles. The van der Waals surface area contributed by atoms with Gasteiger partial charge in [0.15, 0.2) is 8.32 Å². The zero-order valence-electron chi connectivity index (χ0n) is 18.0. The van der Waals surface area contributed by atoms with Gasteiger partial charge in [0.05, 0.1) is 32.5 Å². The van der Waals surface area contributed by atoms with Crippen LogP contribution in [0.2, 0.25) is 18.1 Å². The predicted molar refractivity (Wildman–Crippen MR) is 115 cm³/mol. The van der Waals surface area contributed by atoms with Crippen molar-refractivity contribution in [3.05, 3.63) is 12.2 Å². The summed E-state index contributed by atoms with van der Waals surface area (Å²) < 4.78 is 10.8. The summed E-state index contributed by atoms with van der Waals surface area (Å²) in [4.78, 5) is 10.9. The minimum absolute atomic E-state index is 0.116. The van der Waals surface area contributed by atoms with E-state index < -0.39 is 8.32 Å². The van der Waals surface area contributed by atoms with Gasteiger partial charge in [-0.2, -0.15) is 0 Å². The van der Waals surface area contributed by atoms with Gasteiger partial charge in [0.2, 0.25) is 0 Å². The number of rotatable bonds is 6. The third-order valence-electron chi connectivity index (χ3n) is 4.32. The van der Waals surface area contributed by atoms with E-state index in [2.05, 4.69) is 93.2 Å². The van der Waals surface area contributed by atoms with Crippen molar-refractivity contribution in [2.24, 2.45) is 0 Å². The molecule has 0 aromatic carbocycles. The quantitative estimate of drug-likeness (QED) is 0.276. The van der Waals surface area contributed by atoms with Crippen molar-refractivity contribution in [2.45, 2.75) is 84.0 Å². The Morgan fingerprint density at radius 3 is 2.15 bits per heavy atom. The molecule has 0 aliphatic rings. The number of methoxy groups -OCH3 is 1. The van der Waals surface area contributed by atoms with Crippen molar-refractivity contribution in [1.82, 2.24) is 0 Å². The fourth-order valence-electron chi connectivity index (χ4n) is 1.76. The molecule has 0 fully saturated rings. The van der Waals surface area contributed by atoms with Crippen molar-refractivity contribution >= 4 is 14.3 Å². The van der Waals surface area contributed by atoms with Crippen LogP contribution >= 0.6 is 0 Å². The Labute approximate surface area is 167 Å². The summed E-state index contributed by atoms with van der Waals surface area (Å²) in [6.07, 6.45) is 6.87. The third-order valence-corrected chi connectivity index (χ3v) is 8.90. The van der Waals surface area contributed by atoms with Crippen molar-refractivity contribution < 1.29 is 14.0 Å². The van der Waals surface area contributed by atoms with Crippen molar-refractivity contribution in [3.63, 3.8) is 0 Å². The Bertz CT molecular complexity index is 664. The highest BCUT2D eigenvalue weighted by Crippen LogP contribution is 2.37. The van der Waals surface area contributed by atoms with Gasteiger partial charge in [-0.3, -0.25) is 4.79 Å². The standard InChI is InChI=1S/C23H34O3Si/c1-21(26-27(6,7)23(2,3)4)19-17-15-13-11-9-8-10-12-14-16-18-20-22(24)25-5/h17,19,21H,9,12,15,18,20H2,1-7H3/b19-17-/t21-/m0/s1. The molecular weight excluding hydrogens is 352 g/mol. The highest BCUT2D eigenvalue weighted by atomic mass is 28.4. The summed E-state index contributed by atoms with van der Waals surface area (Å²) in [7, 11) is -0.341. The van der Waals surface area contributed by atoms with E-state index in [9.17, 15) is 4.79 Å². The van der Waals surface area contributed by atoms with Crippen LogP contribution in [-0.4, -0.2) is 27.5 Å². The maximum atomic E-state index is 10.9.